The number of anilines is 1. The average Bonchev–Trinajstić information content (AvgIpc) is 2.87. The zero-order valence-corrected chi connectivity index (χ0v) is 12.8. The van der Waals surface area contributed by atoms with Crippen LogP contribution in [0.1, 0.15) is 45.7 Å². The van der Waals surface area contributed by atoms with Gasteiger partial charge in [0, 0.05) is 35.1 Å². The summed E-state index contributed by atoms with van der Waals surface area (Å²) in [5.74, 6) is 0. The van der Waals surface area contributed by atoms with Gasteiger partial charge in [-0.15, -0.1) is 0 Å². The van der Waals surface area contributed by atoms with E-state index in [4.69, 9.17) is 0 Å². The standard InChI is InChI=1S/C16H21F2N3/c1-10(2)20-13-5-6-14(15(7-13)16(17)18)12-8-19-21(9-12)11(3)4/h5-11,16,20H,1-4H3. The minimum Gasteiger partial charge on any atom is -0.383 e. The third-order valence-electron chi connectivity index (χ3n) is 3.18. The largest absolute Gasteiger partial charge is 0.383 e. The van der Waals surface area contributed by atoms with Gasteiger partial charge >= 0.3 is 0 Å². The highest BCUT2D eigenvalue weighted by molar-refractivity contribution is 5.69. The number of nitrogens with one attached hydrogen (secondary N) is 1. The van der Waals surface area contributed by atoms with Crippen LogP contribution in [-0.4, -0.2) is 15.8 Å². The molecular weight excluding hydrogens is 272 g/mol. The Bertz CT molecular complexity index is 603. The fraction of sp³-hybridized carbons (Fsp3) is 0.438. The summed E-state index contributed by atoms with van der Waals surface area (Å²) in [5, 5.41) is 7.37. The van der Waals surface area contributed by atoms with Crippen LogP contribution in [-0.2, 0) is 0 Å². The smallest absolute Gasteiger partial charge is 0.264 e. The Kier molecular flexibility index (Phi) is 4.60. The van der Waals surface area contributed by atoms with Crippen molar-refractivity contribution in [2.45, 2.75) is 46.2 Å². The van der Waals surface area contributed by atoms with E-state index in [0.717, 1.165) is 5.56 Å². The summed E-state index contributed by atoms with van der Waals surface area (Å²) < 4.78 is 28.5. The van der Waals surface area contributed by atoms with Crippen molar-refractivity contribution in [3.8, 4) is 11.1 Å². The second-order valence-electron chi connectivity index (χ2n) is 5.70. The number of halogens is 2. The number of rotatable bonds is 5. The second kappa shape index (κ2) is 6.24. The van der Waals surface area contributed by atoms with Gasteiger partial charge in [-0.25, -0.2) is 8.78 Å². The van der Waals surface area contributed by atoms with Crippen LogP contribution in [0, 0.1) is 0 Å². The molecule has 0 amide bonds. The van der Waals surface area contributed by atoms with E-state index in [-0.39, 0.29) is 17.6 Å². The molecule has 21 heavy (non-hydrogen) atoms. The first-order valence-electron chi connectivity index (χ1n) is 7.11. The highest BCUT2D eigenvalue weighted by atomic mass is 19.3. The Balaban J connectivity index is 2.42. The van der Waals surface area contributed by atoms with Crippen molar-refractivity contribution in [2.24, 2.45) is 0 Å². The molecule has 0 atom stereocenters. The van der Waals surface area contributed by atoms with Gasteiger partial charge in [-0.2, -0.15) is 5.10 Å². The monoisotopic (exact) mass is 293 g/mol. The first kappa shape index (κ1) is 15.5. The van der Waals surface area contributed by atoms with Crippen molar-refractivity contribution >= 4 is 5.69 Å². The maximum atomic E-state index is 13.3. The lowest BCUT2D eigenvalue weighted by Crippen LogP contribution is -2.10. The predicted molar refractivity (Wildman–Crippen MR) is 81.8 cm³/mol. The van der Waals surface area contributed by atoms with E-state index in [2.05, 4.69) is 10.4 Å². The van der Waals surface area contributed by atoms with Crippen molar-refractivity contribution in [1.29, 1.82) is 0 Å². The van der Waals surface area contributed by atoms with Crippen molar-refractivity contribution in [3.05, 3.63) is 36.2 Å². The van der Waals surface area contributed by atoms with Gasteiger partial charge in [0.05, 0.1) is 6.20 Å². The van der Waals surface area contributed by atoms with Crippen LogP contribution in [0.25, 0.3) is 11.1 Å². The maximum absolute atomic E-state index is 13.3. The summed E-state index contributed by atoms with van der Waals surface area (Å²) in [6.07, 6.45) is 0.925. The zero-order valence-electron chi connectivity index (χ0n) is 12.8. The molecule has 0 bridgehead atoms. The molecule has 0 radical (unpaired) electrons. The van der Waals surface area contributed by atoms with E-state index in [0.29, 0.717) is 11.3 Å². The summed E-state index contributed by atoms with van der Waals surface area (Å²) in [5.41, 5.74) is 1.99. The third-order valence-corrected chi connectivity index (χ3v) is 3.18. The lowest BCUT2D eigenvalue weighted by molar-refractivity contribution is 0.152. The van der Waals surface area contributed by atoms with Crippen molar-refractivity contribution < 1.29 is 8.78 Å². The highest BCUT2D eigenvalue weighted by Gasteiger charge is 2.17. The van der Waals surface area contributed by atoms with Gasteiger partial charge in [0.1, 0.15) is 0 Å². The van der Waals surface area contributed by atoms with Gasteiger partial charge in [-0.3, -0.25) is 4.68 Å². The van der Waals surface area contributed by atoms with E-state index in [1.165, 1.54) is 6.07 Å². The second-order valence-corrected chi connectivity index (χ2v) is 5.70. The van der Waals surface area contributed by atoms with Crippen LogP contribution in [0.3, 0.4) is 0 Å². The molecule has 0 saturated heterocycles. The molecule has 0 aliphatic heterocycles. The molecule has 2 aromatic rings. The molecular formula is C16H21F2N3. The minimum atomic E-state index is -2.52. The van der Waals surface area contributed by atoms with Crippen molar-refractivity contribution in [1.82, 2.24) is 9.78 Å². The lowest BCUT2D eigenvalue weighted by Gasteiger charge is -2.14. The van der Waals surface area contributed by atoms with Crippen molar-refractivity contribution in [2.75, 3.05) is 5.32 Å². The summed E-state index contributed by atoms with van der Waals surface area (Å²) in [4.78, 5) is 0. The van der Waals surface area contributed by atoms with Gasteiger partial charge in [0.15, 0.2) is 0 Å². The number of hydrogen-bond donors (Lipinski definition) is 1. The van der Waals surface area contributed by atoms with Crippen LogP contribution < -0.4 is 5.32 Å². The number of aromatic nitrogens is 2. The molecule has 0 saturated carbocycles. The minimum absolute atomic E-state index is 0.0314. The highest BCUT2D eigenvalue weighted by Crippen LogP contribution is 2.33. The maximum Gasteiger partial charge on any atom is 0.264 e. The molecule has 3 nitrogen and oxygen atoms in total. The van der Waals surface area contributed by atoms with Crippen LogP contribution in [0.15, 0.2) is 30.6 Å². The topological polar surface area (TPSA) is 29.9 Å². The Hall–Kier alpha value is -1.91. The molecule has 1 N–H and O–H groups in total. The first-order chi connectivity index (χ1) is 9.88. The molecule has 0 unspecified atom stereocenters. The summed E-state index contributed by atoms with van der Waals surface area (Å²) in [6.45, 7) is 7.95. The molecule has 2 rings (SSSR count). The van der Waals surface area contributed by atoms with E-state index >= 15 is 0 Å². The quantitative estimate of drug-likeness (QED) is 0.850. The van der Waals surface area contributed by atoms with Crippen LogP contribution >= 0.6 is 0 Å². The molecule has 0 aliphatic carbocycles. The predicted octanol–water partition coefficient (Wildman–Crippen LogP) is 4.89. The summed E-state index contributed by atoms with van der Waals surface area (Å²) in [7, 11) is 0. The van der Waals surface area contributed by atoms with Crippen LogP contribution in [0.4, 0.5) is 14.5 Å². The molecule has 1 aromatic heterocycles. The Morgan fingerprint density at radius 1 is 1.14 bits per heavy atom. The number of nitrogens with zero attached hydrogens (tertiary/aromatic N) is 2. The fourth-order valence-electron chi connectivity index (χ4n) is 2.19. The van der Waals surface area contributed by atoms with Gasteiger partial charge in [0.25, 0.3) is 6.43 Å². The first-order valence-corrected chi connectivity index (χ1v) is 7.11. The molecule has 5 heteroatoms. The summed E-state index contributed by atoms with van der Waals surface area (Å²) >= 11 is 0. The van der Waals surface area contributed by atoms with Crippen LogP contribution in [0.5, 0.6) is 0 Å². The Labute approximate surface area is 124 Å². The van der Waals surface area contributed by atoms with Gasteiger partial charge in [-0.05, 0) is 45.4 Å². The Morgan fingerprint density at radius 2 is 1.86 bits per heavy atom. The van der Waals surface area contributed by atoms with E-state index in [9.17, 15) is 8.78 Å². The van der Waals surface area contributed by atoms with Crippen molar-refractivity contribution in [3.63, 3.8) is 0 Å². The Morgan fingerprint density at radius 3 is 2.38 bits per heavy atom. The normalized spacial score (nSPS) is 11.7. The van der Waals surface area contributed by atoms with E-state index in [1.807, 2.05) is 33.8 Å². The van der Waals surface area contributed by atoms with E-state index in [1.54, 1.807) is 23.1 Å². The van der Waals surface area contributed by atoms with Gasteiger partial charge in [-0.1, -0.05) is 6.07 Å². The number of hydrogen-bond acceptors (Lipinski definition) is 2. The molecule has 0 fully saturated rings. The molecule has 0 aliphatic rings. The van der Waals surface area contributed by atoms with Crippen LogP contribution in [0.2, 0.25) is 0 Å². The fourth-order valence-corrected chi connectivity index (χ4v) is 2.19. The van der Waals surface area contributed by atoms with Gasteiger partial charge < -0.3 is 5.32 Å². The summed E-state index contributed by atoms with van der Waals surface area (Å²) in [6, 6.07) is 5.48. The van der Waals surface area contributed by atoms with E-state index < -0.39 is 6.43 Å². The molecule has 114 valence electrons. The SMILES string of the molecule is CC(C)Nc1ccc(-c2cnn(C(C)C)c2)c(C(F)F)c1. The van der Waals surface area contributed by atoms with Gasteiger partial charge in [0.2, 0.25) is 0 Å². The molecule has 0 spiro atoms. The molecule has 1 heterocycles. The average molecular weight is 293 g/mol. The third kappa shape index (κ3) is 3.60. The lowest BCUT2D eigenvalue weighted by atomic mass is 10.0. The zero-order chi connectivity index (χ0) is 15.6. The number of benzene rings is 1. The number of alkyl halides is 2. The molecule has 1 aromatic carbocycles.